The molecule has 0 aliphatic heterocycles. The fourth-order valence-corrected chi connectivity index (χ4v) is 1.46. The molecule has 0 saturated carbocycles. The normalized spacial score (nSPS) is 11.6. The lowest BCUT2D eigenvalue weighted by Crippen LogP contribution is -2.44. The molecule has 96 valence electrons. The van der Waals surface area contributed by atoms with Crippen molar-refractivity contribution >= 4 is 11.8 Å². The van der Waals surface area contributed by atoms with Crippen LogP contribution in [0.2, 0.25) is 0 Å². The van der Waals surface area contributed by atoms with E-state index in [1.807, 2.05) is 19.1 Å². The number of aryl methyl sites for hydroxylation is 2. The molecule has 1 rings (SSSR count). The molecule has 0 spiro atoms. The molecule has 1 aromatic heterocycles. The summed E-state index contributed by atoms with van der Waals surface area (Å²) in [4.78, 5) is 22.6. The van der Waals surface area contributed by atoms with Gasteiger partial charge in [0, 0.05) is 19.3 Å². The lowest BCUT2D eigenvalue weighted by molar-refractivity contribution is -0.127. The van der Waals surface area contributed by atoms with Crippen LogP contribution in [-0.2, 0) is 16.0 Å². The standard InChI is InChI=1S/C13H16N2O3/c1-3-4-11(13(14)17)15-12(16)8-7-10-6-5-9(2)18-10/h1,5-6,11H,4,7-8H2,2H3,(H2,14,17)(H,15,16)/t11-/m0/s1. The van der Waals surface area contributed by atoms with Crippen molar-refractivity contribution in [3.63, 3.8) is 0 Å². The van der Waals surface area contributed by atoms with Gasteiger partial charge in [0.05, 0.1) is 0 Å². The number of rotatable bonds is 6. The predicted octanol–water partition coefficient (Wildman–Crippen LogP) is 0.514. The van der Waals surface area contributed by atoms with Gasteiger partial charge in [-0.1, -0.05) is 0 Å². The highest BCUT2D eigenvalue weighted by molar-refractivity contribution is 5.86. The van der Waals surface area contributed by atoms with Crippen LogP contribution in [0.1, 0.15) is 24.4 Å². The number of hydrogen-bond acceptors (Lipinski definition) is 3. The van der Waals surface area contributed by atoms with Crippen LogP contribution in [0.3, 0.4) is 0 Å². The third-order valence-corrected chi connectivity index (χ3v) is 2.40. The maximum atomic E-state index is 11.6. The Bertz CT molecular complexity index is 471. The van der Waals surface area contributed by atoms with E-state index in [0.29, 0.717) is 6.42 Å². The molecule has 0 saturated heterocycles. The van der Waals surface area contributed by atoms with Gasteiger partial charge in [-0.2, -0.15) is 0 Å². The minimum absolute atomic E-state index is 0.0981. The van der Waals surface area contributed by atoms with E-state index in [0.717, 1.165) is 11.5 Å². The van der Waals surface area contributed by atoms with E-state index >= 15 is 0 Å². The van der Waals surface area contributed by atoms with E-state index in [1.165, 1.54) is 0 Å². The summed E-state index contributed by atoms with van der Waals surface area (Å²) in [6.07, 6.45) is 5.88. The van der Waals surface area contributed by atoms with Crippen molar-refractivity contribution in [3.8, 4) is 12.3 Å². The second kappa shape index (κ2) is 6.50. The maximum absolute atomic E-state index is 11.6. The first-order valence-corrected chi connectivity index (χ1v) is 5.60. The van der Waals surface area contributed by atoms with Gasteiger partial charge >= 0.3 is 0 Å². The number of amides is 2. The number of carbonyl (C=O) groups is 2. The van der Waals surface area contributed by atoms with Crippen LogP contribution in [0.4, 0.5) is 0 Å². The molecule has 5 nitrogen and oxygen atoms in total. The second-order valence-corrected chi connectivity index (χ2v) is 3.94. The summed E-state index contributed by atoms with van der Waals surface area (Å²) in [6.45, 7) is 1.83. The molecule has 0 aromatic carbocycles. The van der Waals surface area contributed by atoms with Crippen molar-refractivity contribution in [2.45, 2.75) is 32.2 Å². The molecule has 0 fully saturated rings. The Hall–Kier alpha value is -2.22. The number of terminal acetylenes is 1. The molecule has 0 unspecified atom stereocenters. The van der Waals surface area contributed by atoms with Crippen molar-refractivity contribution in [2.75, 3.05) is 0 Å². The molecule has 2 amide bonds. The minimum atomic E-state index is -0.805. The first-order valence-electron chi connectivity index (χ1n) is 5.60. The molecule has 0 aliphatic carbocycles. The van der Waals surface area contributed by atoms with Gasteiger partial charge in [-0.05, 0) is 19.1 Å². The highest BCUT2D eigenvalue weighted by atomic mass is 16.3. The smallest absolute Gasteiger partial charge is 0.240 e. The van der Waals surface area contributed by atoms with E-state index in [-0.39, 0.29) is 18.7 Å². The number of primary amides is 1. The lowest BCUT2D eigenvalue weighted by Gasteiger charge is -2.12. The lowest BCUT2D eigenvalue weighted by atomic mass is 10.2. The number of hydrogen-bond donors (Lipinski definition) is 2. The number of carbonyl (C=O) groups excluding carboxylic acids is 2. The van der Waals surface area contributed by atoms with Crippen LogP contribution >= 0.6 is 0 Å². The summed E-state index contributed by atoms with van der Waals surface area (Å²) < 4.78 is 5.33. The first kappa shape index (κ1) is 13.8. The van der Waals surface area contributed by atoms with Crippen LogP contribution in [0.25, 0.3) is 0 Å². The molecule has 1 heterocycles. The number of furan rings is 1. The topological polar surface area (TPSA) is 85.3 Å². The van der Waals surface area contributed by atoms with Gasteiger partial charge in [0.25, 0.3) is 0 Å². The Balaban J connectivity index is 2.41. The molecule has 0 bridgehead atoms. The van der Waals surface area contributed by atoms with Crippen LogP contribution < -0.4 is 11.1 Å². The largest absolute Gasteiger partial charge is 0.466 e. The van der Waals surface area contributed by atoms with E-state index in [9.17, 15) is 9.59 Å². The molecule has 1 aromatic rings. The summed E-state index contributed by atoms with van der Waals surface area (Å²) in [7, 11) is 0. The summed E-state index contributed by atoms with van der Waals surface area (Å²) in [5.41, 5.74) is 5.11. The van der Waals surface area contributed by atoms with Crippen LogP contribution in [-0.4, -0.2) is 17.9 Å². The van der Waals surface area contributed by atoms with Crippen LogP contribution in [0.5, 0.6) is 0 Å². The van der Waals surface area contributed by atoms with Crippen LogP contribution in [0, 0.1) is 19.3 Å². The molecular weight excluding hydrogens is 232 g/mol. The van der Waals surface area contributed by atoms with Gasteiger partial charge in [0.1, 0.15) is 17.6 Å². The molecule has 1 atom stereocenters. The van der Waals surface area contributed by atoms with Gasteiger partial charge in [-0.25, -0.2) is 0 Å². The van der Waals surface area contributed by atoms with E-state index < -0.39 is 11.9 Å². The summed E-state index contributed by atoms with van der Waals surface area (Å²) in [5, 5.41) is 2.50. The van der Waals surface area contributed by atoms with Gasteiger partial charge in [0.15, 0.2) is 0 Å². The van der Waals surface area contributed by atoms with Gasteiger partial charge in [-0.3, -0.25) is 9.59 Å². The number of nitrogens with one attached hydrogen (secondary N) is 1. The number of nitrogens with two attached hydrogens (primary N) is 1. The van der Waals surface area contributed by atoms with Crippen molar-refractivity contribution in [1.29, 1.82) is 0 Å². The zero-order valence-corrected chi connectivity index (χ0v) is 10.2. The fraction of sp³-hybridized carbons (Fsp3) is 0.385. The highest BCUT2D eigenvalue weighted by Gasteiger charge is 2.16. The fourth-order valence-electron chi connectivity index (χ4n) is 1.46. The molecular formula is C13H16N2O3. The molecule has 18 heavy (non-hydrogen) atoms. The summed E-state index contributed by atoms with van der Waals surface area (Å²) in [6, 6.07) is 2.84. The maximum Gasteiger partial charge on any atom is 0.240 e. The molecule has 0 radical (unpaired) electrons. The Labute approximate surface area is 106 Å². The van der Waals surface area contributed by atoms with Crippen molar-refractivity contribution < 1.29 is 14.0 Å². The average Bonchev–Trinajstić information content (AvgIpc) is 2.72. The third kappa shape index (κ3) is 4.34. The van der Waals surface area contributed by atoms with Gasteiger partial charge in [0.2, 0.25) is 11.8 Å². The Morgan fingerprint density at radius 2 is 2.28 bits per heavy atom. The van der Waals surface area contributed by atoms with Gasteiger partial charge in [-0.15, -0.1) is 12.3 Å². The van der Waals surface area contributed by atoms with Crippen molar-refractivity contribution in [1.82, 2.24) is 5.32 Å². The van der Waals surface area contributed by atoms with Crippen molar-refractivity contribution in [2.24, 2.45) is 5.73 Å². The summed E-state index contributed by atoms with van der Waals surface area (Å²) in [5.74, 6) is 2.92. The quantitative estimate of drug-likeness (QED) is 0.719. The van der Waals surface area contributed by atoms with E-state index in [2.05, 4.69) is 11.2 Å². The van der Waals surface area contributed by atoms with E-state index in [1.54, 1.807) is 0 Å². The Kier molecular flexibility index (Phi) is 5.00. The predicted molar refractivity (Wildman–Crippen MR) is 66.3 cm³/mol. The van der Waals surface area contributed by atoms with Gasteiger partial charge < -0.3 is 15.5 Å². The Morgan fingerprint density at radius 3 is 2.78 bits per heavy atom. The monoisotopic (exact) mass is 248 g/mol. The Morgan fingerprint density at radius 1 is 1.56 bits per heavy atom. The zero-order valence-electron chi connectivity index (χ0n) is 10.2. The first-order chi connectivity index (χ1) is 8.52. The second-order valence-electron chi connectivity index (χ2n) is 3.94. The zero-order chi connectivity index (χ0) is 13.5. The highest BCUT2D eigenvalue weighted by Crippen LogP contribution is 2.08. The average molecular weight is 248 g/mol. The summed E-state index contributed by atoms with van der Waals surface area (Å²) >= 11 is 0. The van der Waals surface area contributed by atoms with Crippen LogP contribution in [0.15, 0.2) is 16.5 Å². The SMILES string of the molecule is C#CC[C@H](NC(=O)CCc1ccc(C)o1)C(N)=O. The molecule has 0 aliphatic rings. The minimum Gasteiger partial charge on any atom is -0.466 e. The third-order valence-electron chi connectivity index (χ3n) is 2.40. The van der Waals surface area contributed by atoms with Crippen molar-refractivity contribution in [3.05, 3.63) is 23.7 Å². The molecule has 5 heteroatoms. The van der Waals surface area contributed by atoms with E-state index in [4.69, 9.17) is 16.6 Å². The molecule has 3 N–H and O–H groups in total.